The molecule has 2 aromatic carbocycles. The number of rotatable bonds is 6. The maximum atomic E-state index is 13.1. The molecule has 0 spiro atoms. The molecule has 3 aromatic rings. The average molecular weight is 390 g/mol. The Morgan fingerprint density at radius 3 is 2.62 bits per heavy atom. The summed E-state index contributed by atoms with van der Waals surface area (Å²) < 4.78 is 18.8. The van der Waals surface area contributed by atoms with Gasteiger partial charge >= 0.3 is 0 Å². The largest absolute Gasteiger partial charge is 0.484 e. The van der Waals surface area contributed by atoms with Gasteiger partial charge in [0.25, 0.3) is 5.91 Å². The molecular formula is C24H23FN2O2. The molecule has 1 fully saturated rings. The first-order valence-corrected chi connectivity index (χ1v) is 9.86. The highest BCUT2D eigenvalue weighted by molar-refractivity contribution is 5.78. The summed E-state index contributed by atoms with van der Waals surface area (Å²) in [4.78, 5) is 19.4. The van der Waals surface area contributed by atoms with Crippen LogP contribution in [0.4, 0.5) is 4.39 Å². The second-order valence-electron chi connectivity index (χ2n) is 7.20. The van der Waals surface area contributed by atoms with E-state index in [4.69, 9.17) is 9.72 Å². The molecule has 0 aliphatic carbocycles. The number of aromatic nitrogens is 1. The predicted octanol–water partition coefficient (Wildman–Crippen LogP) is 4.55. The molecular weight excluding hydrogens is 367 g/mol. The van der Waals surface area contributed by atoms with E-state index in [1.165, 1.54) is 12.1 Å². The van der Waals surface area contributed by atoms with Crippen molar-refractivity contribution in [1.82, 2.24) is 9.88 Å². The van der Waals surface area contributed by atoms with Gasteiger partial charge in [0.05, 0.1) is 11.7 Å². The molecule has 1 aromatic heterocycles. The monoisotopic (exact) mass is 390 g/mol. The van der Waals surface area contributed by atoms with Crippen molar-refractivity contribution >= 4 is 5.91 Å². The topological polar surface area (TPSA) is 42.4 Å². The van der Waals surface area contributed by atoms with Crippen molar-refractivity contribution in [3.05, 3.63) is 95.6 Å². The Morgan fingerprint density at radius 1 is 1.03 bits per heavy atom. The first kappa shape index (κ1) is 19.1. The van der Waals surface area contributed by atoms with Gasteiger partial charge in [-0.15, -0.1) is 0 Å². The van der Waals surface area contributed by atoms with Crippen LogP contribution in [0.1, 0.15) is 35.8 Å². The van der Waals surface area contributed by atoms with Gasteiger partial charge in [0.15, 0.2) is 6.61 Å². The van der Waals surface area contributed by atoms with Crippen LogP contribution in [0.2, 0.25) is 0 Å². The van der Waals surface area contributed by atoms with Crippen molar-refractivity contribution in [1.29, 1.82) is 0 Å². The first-order chi connectivity index (χ1) is 14.2. The molecule has 4 nitrogen and oxygen atoms in total. The number of likely N-dealkylation sites (tertiary alicyclic amines) is 1. The molecule has 1 atom stereocenters. The maximum Gasteiger partial charge on any atom is 0.261 e. The summed E-state index contributed by atoms with van der Waals surface area (Å²) >= 11 is 0. The van der Waals surface area contributed by atoms with Crippen LogP contribution in [0, 0.1) is 5.82 Å². The Balaban J connectivity index is 1.44. The minimum atomic E-state index is -0.242. The zero-order valence-electron chi connectivity index (χ0n) is 16.1. The lowest BCUT2D eigenvalue weighted by Crippen LogP contribution is -2.34. The van der Waals surface area contributed by atoms with Gasteiger partial charge in [-0.1, -0.05) is 36.4 Å². The second-order valence-corrected chi connectivity index (χ2v) is 7.20. The summed E-state index contributed by atoms with van der Waals surface area (Å²) in [7, 11) is 0. The summed E-state index contributed by atoms with van der Waals surface area (Å²) in [5.41, 5.74) is 2.82. The smallest absolute Gasteiger partial charge is 0.261 e. The van der Waals surface area contributed by atoms with Gasteiger partial charge in [-0.25, -0.2) is 4.39 Å². The van der Waals surface area contributed by atoms with Crippen LogP contribution in [0.3, 0.4) is 0 Å². The molecule has 29 heavy (non-hydrogen) atoms. The van der Waals surface area contributed by atoms with E-state index in [0.717, 1.165) is 29.8 Å². The Kier molecular flexibility index (Phi) is 5.84. The van der Waals surface area contributed by atoms with E-state index in [9.17, 15) is 9.18 Å². The van der Waals surface area contributed by atoms with Gasteiger partial charge in [-0.2, -0.15) is 0 Å². The van der Waals surface area contributed by atoms with Gasteiger partial charge in [0.1, 0.15) is 11.6 Å². The van der Waals surface area contributed by atoms with Crippen LogP contribution in [-0.2, 0) is 11.2 Å². The van der Waals surface area contributed by atoms with Gasteiger partial charge < -0.3 is 9.64 Å². The van der Waals surface area contributed by atoms with Crippen LogP contribution in [-0.4, -0.2) is 28.9 Å². The lowest BCUT2D eigenvalue weighted by atomic mass is 10.1. The molecule has 148 valence electrons. The second kappa shape index (κ2) is 8.86. The number of ether oxygens (including phenoxy) is 1. The Morgan fingerprint density at radius 2 is 1.83 bits per heavy atom. The van der Waals surface area contributed by atoms with Crippen LogP contribution < -0.4 is 4.74 Å². The van der Waals surface area contributed by atoms with Crippen LogP contribution in [0.5, 0.6) is 5.75 Å². The zero-order valence-corrected chi connectivity index (χ0v) is 16.1. The number of hydrogen-bond acceptors (Lipinski definition) is 3. The van der Waals surface area contributed by atoms with E-state index in [2.05, 4.69) is 0 Å². The number of halogens is 1. The quantitative estimate of drug-likeness (QED) is 0.620. The fraction of sp³-hybridized carbons (Fsp3) is 0.250. The normalized spacial score (nSPS) is 16.0. The van der Waals surface area contributed by atoms with Crippen molar-refractivity contribution in [3.63, 3.8) is 0 Å². The van der Waals surface area contributed by atoms with Crippen molar-refractivity contribution < 1.29 is 13.9 Å². The third kappa shape index (κ3) is 4.80. The third-order valence-corrected chi connectivity index (χ3v) is 5.15. The van der Waals surface area contributed by atoms with E-state index in [0.29, 0.717) is 18.7 Å². The standard InChI is InChI=1S/C24H23FN2O2/c25-19-13-11-18(12-14-19)16-20-6-4-9-22(26-20)23-10-5-15-27(23)24(28)17-29-21-7-2-1-3-8-21/h1-4,6-9,11-14,23H,5,10,15-17H2. The number of carbonyl (C=O) groups is 1. The van der Waals surface area contributed by atoms with Gasteiger partial charge in [0.2, 0.25) is 0 Å². The number of para-hydroxylation sites is 1. The van der Waals surface area contributed by atoms with Crippen LogP contribution >= 0.6 is 0 Å². The summed E-state index contributed by atoms with van der Waals surface area (Å²) in [6.07, 6.45) is 2.47. The summed E-state index contributed by atoms with van der Waals surface area (Å²) in [5.74, 6) is 0.423. The fourth-order valence-corrected chi connectivity index (χ4v) is 3.71. The van der Waals surface area contributed by atoms with Gasteiger partial charge in [0, 0.05) is 18.7 Å². The third-order valence-electron chi connectivity index (χ3n) is 5.15. The van der Waals surface area contributed by atoms with Crippen LogP contribution in [0.15, 0.2) is 72.8 Å². The molecule has 1 aliphatic heterocycles. The van der Waals surface area contributed by atoms with E-state index >= 15 is 0 Å². The summed E-state index contributed by atoms with van der Waals surface area (Å²) in [6, 6.07) is 21.7. The highest BCUT2D eigenvalue weighted by atomic mass is 19.1. The number of pyridine rings is 1. The van der Waals surface area contributed by atoms with E-state index in [1.54, 1.807) is 12.1 Å². The highest BCUT2D eigenvalue weighted by Gasteiger charge is 2.31. The number of hydrogen-bond donors (Lipinski definition) is 0. The van der Waals surface area contributed by atoms with E-state index in [-0.39, 0.29) is 24.4 Å². The molecule has 4 rings (SSSR count). The number of carbonyl (C=O) groups excluding carboxylic acids is 1. The van der Waals surface area contributed by atoms with Crippen molar-refractivity contribution in [2.24, 2.45) is 0 Å². The number of amides is 1. The van der Waals surface area contributed by atoms with Crippen molar-refractivity contribution in [2.75, 3.05) is 13.2 Å². The van der Waals surface area contributed by atoms with Gasteiger partial charge in [-0.05, 0) is 54.8 Å². The molecule has 0 N–H and O–H groups in total. The fourth-order valence-electron chi connectivity index (χ4n) is 3.71. The molecule has 2 heterocycles. The maximum absolute atomic E-state index is 13.1. The Bertz CT molecular complexity index is 960. The zero-order chi connectivity index (χ0) is 20.1. The predicted molar refractivity (Wildman–Crippen MR) is 109 cm³/mol. The lowest BCUT2D eigenvalue weighted by Gasteiger charge is -2.24. The lowest BCUT2D eigenvalue weighted by molar-refractivity contribution is -0.134. The minimum Gasteiger partial charge on any atom is -0.484 e. The molecule has 1 unspecified atom stereocenters. The van der Waals surface area contributed by atoms with Crippen LogP contribution in [0.25, 0.3) is 0 Å². The Hall–Kier alpha value is -3.21. The molecule has 1 saturated heterocycles. The Labute approximate surface area is 170 Å². The van der Waals surface area contributed by atoms with Crippen molar-refractivity contribution in [3.8, 4) is 5.75 Å². The minimum absolute atomic E-state index is 0.0236. The highest BCUT2D eigenvalue weighted by Crippen LogP contribution is 2.31. The van der Waals surface area contributed by atoms with E-state index < -0.39 is 0 Å². The molecule has 0 radical (unpaired) electrons. The summed E-state index contributed by atoms with van der Waals surface area (Å²) in [6.45, 7) is 0.737. The SMILES string of the molecule is O=C(COc1ccccc1)N1CCCC1c1cccc(Cc2ccc(F)cc2)n1. The average Bonchev–Trinajstić information content (AvgIpc) is 3.25. The van der Waals surface area contributed by atoms with E-state index in [1.807, 2.05) is 53.4 Å². The number of nitrogens with zero attached hydrogens (tertiary/aromatic N) is 2. The van der Waals surface area contributed by atoms with Gasteiger partial charge in [-0.3, -0.25) is 9.78 Å². The molecule has 5 heteroatoms. The van der Waals surface area contributed by atoms with Crippen molar-refractivity contribution in [2.45, 2.75) is 25.3 Å². The molecule has 1 amide bonds. The molecule has 1 aliphatic rings. The first-order valence-electron chi connectivity index (χ1n) is 9.86. The molecule has 0 bridgehead atoms. The molecule has 0 saturated carbocycles. The number of benzene rings is 2. The summed E-state index contributed by atoms with van der Waals surface area (Å²) in [5, 5.41) is 0.